The van der Waals surface area contributed by atoms with E-state index in [2.05, 4.69) is 26.6 Å². The number of likely N-dealkylation sites (N-methyl/N-ethyl adjacent to an activating group) is 1. The molecule has 0 bridgehead atoms. The van der Waals surface area contributed by atoms with Gasteiger partial charge >= 0.3 is 0 Å². The monoisotopic (exact) mass is 352 g/mol. The summed E-state index contributed by atoms with van der Waals surface area (Å²) in [5.41, 5.74) is 0.953. The van der Waals surface area contributed by atoms with E-state index in [-0.39, 0.29) is 18.4 Å². The Balaban J connectivity index is 2.02. The highest BCUT2D eigenvalue weighted by atomic mass is 79.9. The van der Waals surface area contributed by atoms with Crippen molar-refractivity contribution < 1.29 is 18.7 Å². The van der Waals surface area contributed by atoms with Crippen LogP contribution >= 0.6 is 15.9 Å². The number of furan rings is 1. The number of anilines is 1. The van der Waals surface area contributed by atoms with Crippen LogP contribution in [0.1, 0.15) is 10.4 Å². The number of hydrogen-bond acceptors (Lipinski definition) is 4. The van der Waals surface area contributed by atoms with Gasteiger partial charge < -0.3 is 19.8 Å². The predicted octanol–water partition coefficient (Wildman–Crippen LogP) is 2.42. The standard InChI is InChI=1S/C14H13BrN2O4/c1-16-12(18)8-21-10-4-2-3-9(7-10)17-14(19)11-5-6-20-13(11)15/h2-7H,8H2,1H3,(H,16,18)(H,17,19). The zero-order valence-electron chi connectivity index (χ0n) is 11.2. The molecule has 2 amide bonds. The Kier molecular flexibility index (Phi) is 4.99. The number of carbonyl (C=O) groups excluding carboxylic acids is 2. The van der Waals surface area contributed by atoms with Crippen LogP contribution in [0.2, 0.25) is 0 Å². The Bertz CT molecular complexity index is 654. The summed E-state index contributed by atoms with van der Waals surface area (Å²) in [6, 6.07) is 8.34. The number of rotatable bonds is 5. The maximum atomic E-state index is 12.0. The Hall–Kier alpha value is -2.28. The molecule has 2 aromatic rings. The van der Waals surface area contributed by atoms with E-state index in [1.807, 2.05) is 0 Å². The lowest BCUT2D eigenvalue weighted by molar-refractivity contribution is -0.122. The molecule has 1 aromatic carbocycles. The molecule has 2 rings (SSSR count). The van der Waals surface area contributed by atoms with E-state index in [1.165, 1.54) is 13.3 Å². The highest BCUT2D eigenvalue weighted by Crippen LogP contribution is 2.21. The van der Waals surface area contributed by atoms with Crippen LogP contribution in [0.25, 0.3) is 0 Å². The maximum absolute atomic E-state index is 12.0. The smallest absolute Gasteiger partial charge is 0.260 e. The second-order valence-electron chi connectivity index (χ2n) is 4.05. The van der Waals surface area contributed by atoms with Gasteiger partial charge in [-0.05, 0) is 34.1 Å². The number of benzene rings is 1. The van der Waals surface area contributed by atoms with Crippen molar-refractivity contribution in [2.75, 3.05) is 19.0 Å². The fourth-order valence-corrected chi connectivity index (χ4v) is 1.96. The van der Waals surface area contributed by atoms with E-state index < -0.39 is 0 Å². The van der Waals surface area contributed by atoms with Crippen LogP contribution in [0.15, 0.2) is 45.7 Å². The molecular weight excluding hydrogens is 340 g/mol. The van der Waals surface area contributed by atoms with E-state index in [4.69, 9.17) is 9.15 Å². The summed E-state index contributed by atoms with van der Waals surface area (Å²) in [6.07, 6.45) is 1.42. The van der Waals surface area contributed by atoms with Gasteiger partial charge in [0.2, 0.25) is 0 Å². The molecule has 0 atom stereocenters. The van der Waals surface area contributed by atoms with Crippen molar-refractivity contribution in [2.45, 2.75) is 0 Å². The Labute approximate surface area is 129 Å². The minimum absolute atomic E-state index is 0.0822. The van der Waals surface area contributed by atoms with Gasteiger partial charge in [-0.3, -0.25) is 9.59 Å². The molecule has 0 spiro atoms. The van der Waals surface area contributed by atoms with E-state index in [0.29, 0.717) is 21.7 Å². The molecule has 2 N–H and O–H groups in total. The van der Waals surface area contributed by atoms with Gasteiger partial charge in [0.1, 0.15) is 5.75 Å². The average Bonchev–Trinajstić information content (AvgIpc) is 2.91. The second kappa shape index (κ2) is 6.94. The predicted molar refractivity (Wildman–Crippen MR) is 80.4 cm³/mol. The number of carbonyl (C=O) groups is 2. The first-order chi connectivity index (χ1) is 10.1. The minimum Gasteiger partial charge on any atom is -0.484 e. The molecule has 1 aromatic heterocycles. The number of ether oxygens (including phenoxy) is 1. The molecule has 6 nitrogen and oxygen atoms in total. The third kappa shape index (κ3) is 4.09. The molecule has 0 aliphatic rings. The topological polar surface area (TPSA) is 80.6 Å². The van der Waals surface area contributed by atoms with Crippen LogP contribution in [-0.2, 0) is 4.79 Å². The lowest BCUT2D eigenvalue weighted by atomic mass is 10.2. The van der Waals surface area contributed by atoms with E-state index in [9.17, 15) is 9.59 Å². The molecule has 0 fully saturated rings. The lowest BCUT2D eigenvalue weighted by Crippen LogP contribution is -2.24. The first kappa shape index (κ1) is 15.1. The molecule has 0 saturated heterocycles. The lowest BCUT2D eigenvalue weighted by Gasteiger charge is -2.08. The molecular formula is C14H13BrN2O4. The van der Waals surface area contributed by atoms with Crippen LogP contribution in [0.5, 0.6) is 5.75 Å². The summed E-state index contributed by atoms with van der Waals surface area (Å²) in [7, 11) is 1.53. The van der Waals surface area contributed by atoms with Crippen LogP contribution < -0.4 is 15.4 Å². The number of amides is 2. The largest absolute Gasteiger partial charge is 0.484 e. The molecule has 0 radical (unpaired) electrons. The van der Waals surface area contributed by atoms with Crippen LogP contribution in [-0.4, -0.2) is 25.5 Å². The van der Waals surface area contributed by atoms with Crippen molar-refractivity contribution in [3.8, 4) is 5.75 Å². The summed E-state index contributed by atoms with van der Waals surface area (Å²) >= 11 is 3.15. The molecule has 110 valence electrons. The minimum atomic E-state index is -0.306. The SMILES string of the molecule is CNC(=O)COc1cccc(NC(=O)c2ccoc2Br)c1. The molecule has 0 unspecified atom stereocenters. The second-order valence-corrected chi connectivity index (χ2v) is 4.77. The van der Waals surface area contributed by atoms with Gasteiger partial charge in [-0.25, -0.2) is 0 Å². The van der Waals surface area contributed by atoms with Crippen molar-refractivity contribution >= 4 is 33.4 Å². The maximum Gasteiger partial charge on any atom is 0.260 e. The van der Waals surface area contributed by atoms with Gasteiger partial charge in [0.05, 0.1) is 11.8 Å². The van der Waals surface area contributed by atoms with Gasteiger partial charge in [0, 0.05) is 18.8 Å². The number of halogens is 1. The number of nitrogens with one attached hydrogen (secondary N) is 2. The van der Waals surface area contributed by atoms with Crippen molar-refractivity contribution in [1.29, 1.82) is 0 Å². The third-order valence-electron chi connectivity index (χ3n) is 2.60. The molecule has 0 aliphatic heterocycles. The summed E-state index contributed by atoms with van der Waals surface area (Å²) in [4.78, 5) is 23.1. The first-order valence-corrected chi connectivity index (χ1v) is 6.87. The van der Waals surface area contributed by atoms with Gasteiger partial charge in [-0.1, -0.05) is 6.07 Å². The van der Waals surface area contributed by atoms with E-state index >= 15 is 0 Å². The highest BCUT2D eigenvalue weighted by molar-refractivity contribution is 9.10. The van der Waals surface area contributed by atoms with Crippen LogP contribution in [0.3, 0.4) is 0 Å². The molecule has 21 heavy (non-hydrogen) atoms. The molecule has 1 heterocycles. The third-order valence-corrected chi connectivity index (χ3v) is 3.22. The highest BCUT2D eigenvalue weighted by Gasteiger charge is 2.13. The Morgan fingerprint density at radius 3 is 2.81 bits per heavy atom. The van der Waals surface area contributed by atoms with Crippen molar-refractivity contribution in [2.24, 2.45) is 0 Å². The molecule has 7 heteroatoms. The fraction of sp³-hybridized carbons (Fsp3) is 0.143. The van der Waals surface area contributed by atoms with E-state index in [0.717, 1.165) is 0 Å². The zero-order valence-corrected chi connectivity index (χ0v) is 12.8. The van der Waals surface area contributed by atoms with Gasteiger partial charge in [-0.15, -0.1) is 0 Å². The summed E-state index contributed by atoms with van der Waals surface area (Å²) in [6.45, 7) is -0.0822. The normalized spacial score (nSPS) is 10.0. The van der Waals surface area contributed by atoms with Crippen molar-refractivity contribution in [1.82, 2.24) is 5.32 Å². The average molecular weight is 353 g/mol. The Morgan fingerprint density at radius 2 is 2.14 bits per heavy atom. The fourth-order valence-electron chi connectivity index (χ4n) is 1.54. The van der Waals surface area contributed by atoms with E-state index in [1.54, 1.807) is 30.3 Å². The Morgan fingerprint density at radius 1 is 1.33 bits per heavy atom. The summed E-state index contributed by atoms with van der Waals surface area (Å²) in [5.74, 6) is -0.0477. The quantitative estimate of drug-likeness (QED) is 0.865. The van der Waals surface area contributed by atoms with Gasteiger partial charge in [0.25, 0.3) is 11.8 Å². The van der Waals surface area contributed by atoms with Gasteiger partial charge in [0.15, 0.2) is 11.3 Å². The van der Waals surface area contributed by atoms with Crippen LogP contribution in [0.4, 0.5) is 5.69 Å². The summed E-state index contributed by atoms with van der Waals surface area (Å²) < 4.78 is 10.7. The zero-order chi connectivity index (χ0) is 15.2. The molecule has 0 aliphatic carbocycles. The van der Waals surface area contributed by atoms with Crippen LogP contribution in [0, 0.1) is 0 Å². The molecule has 0 saturated carbocycles. The van der Waals surface area contributed by atoms with Gasteiger partial charge in [-0.2, -0.15) is 0 Å². The summed E-state index contributed by atoms with van der Waals surface area (Å²) in [5, 5.41) is 5.18. The number of hydrogen-bond donors (Lipinski definition) is 2. The van der Waals surface area contributed by atoms with Crippen molar-refractivity contribution in [3.05, 3.63) is 46.8 Å². The van der Waals surface area contributed by atoms with Crippen molar-refractivity contribution in [3.63, 3.8) is 0 Å². The first-order valence-electron chi connectivity index (χ1n) is 6.08.